The molecule has 0 spiro atoms. The molecule has 2 rings (SSSR count). The third-order valence-electron chi connectivity index (χ3n) is 3.38. The monoisotopic (exact) mass is 273 g/mol. The van der Waals surface area contributed by atoms with Gasteiger partial charge in [-0.1, -0.05) is 12.1 Å². The van der Waals surface area contributed by atoms with Gasteiger partial charge in [0.1, 0.15) is 5.75 Å². The van der Waals surface area contributed by atoms with Gasteiger partial charge in [-0.15, -0.1) is 0 Å². The molecule has 0 saturated heterocycles. The molecule has 4 heteroatoms. The number of furan rings is 1. The van der Waals surface area contributed by atoms with Crippen LogP contribution in [0.1, 0.15) is 36.0 Å². The summed E-state index contributed by atoms with van der Waals surface area (Å²) in [4.78, 5) is 14.2. The van der Waals surface area contributed by atoms with Crippen molar-refractivity contribution in [3.63, 3.8) is 0 Å². The normalized spacial score (nSPS) is 11.9. The summed E-state index contributed by atoms with van der Waals surface area (Å²) in [7, 11) is 1.63. The van der Waals surface area contributed by atoms with E-state index < -0.39 is 0 Å². The molecule has 1 aromatic carbocycles. The fourth-order valence-electron chi connectivity index (χ4n) is 2.22. The van der Waals surface area contributed by atoms with Gasteiger partial charge in [0.05, 0.1) is 19.4 Å². The zero-order valence-corrected chi connectivity index (χ0v) is 12.0. The minimum atomic E-state index is -0.104. The van der Waals surface area contributed by atoms with Gasteiger partial charge in [0.2, 0.25) is 0 Å². The number of hydrogen-bond donors (Lipinski definition) is 0. The van der Waals surface area contributed by atoms with E-state index >= 15 is 0 Å². The second-order valence-electron chi connectivity index (χ2n) is 4.52. The quantitative estimate of drug-likeness (QED) is 0.837. The first kappa shape index (κ1) is 14.2. The fourth-order valence-corrected chi connectivity index (χ4v) is 2.22. The van der Waals surface area contributed by atoms with E-state index in [0.717, 1.165) is 11.3 Å². The smallest absolute Gasteiger partial charge is 0.290 e. The van der Waals surface area contributed by atoms with Crippen molar-refractivity contribution in [2.24, 2.45) is 0 Å². The molecule has 0 aliphatic rings. The Balaban J connectivity index is 2.24. The Morgan fingerprint density at radius 3 is 2.75 bits per heavy atom. The Kier molecular flexibility index (Phi) is 4.45. The standard InChI is InChI=1S/C16H19NO3/c1-4-17(16(18)15-9-6-10-20-15)12(2)13-7-5-8-14(11-13)19-3/h5-12H,4H2,1-3H3. The van der Waals surface area contributed by atoms with Crippen molar-refractivity contribution in [3.05, 3.63) is 54.0 Å². The lowest BCUT2D eigenvalue weighted by atomic mass is 10.1. The fraction of sp³-hybridized carbons (Fsp3) is 0.312. The minimum absolute atomic E-state index is 0.0484. The average molecular weight is 273 g/mol. The highest BCUT2D eigenvalue weighted by atomic mass is 16.5. The molecule has 106 valence electrons. The first-order chi connectivity index (χ1) is 9.67. The highest BCUT2D eigenvalue weighted by Crippen LogP contribution is 2.25. The molecule has 0 aliphatic heterocycles. The molecule has 0 N–H and O–H groups in total. The summed E-state index contributed by atoms with van der Waals surface area (Å²) in [5.41, 5.74) is 1.03. The molecule has 0 aliphatic carbocycles. The summed E-state index contributed by atoms with van der Waals surface area (Å²) in [6.07, 6.45) is 1.51. The van der Waals surface area contributed by atoms with Crippen LogP contribution >= 0.6 is 0 Å². The van der Waals surface area contributed by atoms with Crippen molar-refractivity contribution in [1.82, 2.24) is 4.90 Å². The molecule has 1 aromatic heterocycles. The minimum Gasteiger partial charge on any atom is -0.497 e. The second-order valence-corrected chi connectivity index (χ2v) is 4.52. The van der Waals surface area contributed by atoms with Crippen LogP contribution in [0.4, 0.5) is 0 Å². The molecule has 0 saturated carbocycles. The van der Waals surface area contributed by atoms with E-state index in [0.29, 0.717) is 12.3 Å². The zero-order chi connectivity index (χ0) is 14.5. The molecule has 4 nitrogen and oxygen atoms in total. The molecule has 0 bridgehead atoms. The van der Waals surface area contributed by atoms with Crippen LogP contribution in [0.2, 0.25) is 0 Å². The van der Waals surface area contributed by atoms with Crippen LogP contribution in [0.25, 0.3) is 0 Å². The van der Waals surface area contributed by atoms with E-state index in [1.807, 2.05) is 38.1 Å². The molecule has 1 amide bonds. The maximum absolute atomic E-state index is 12.4. The largest absolute Gasteiger partial charge is 0.497 e. The second kappa shape index (κ2) is 6.28. The Bertz CT molecular complexity index is 563. The lowest BCUT2D eigenvalue weighted by Crippen LogP contribution is -2.33. The van der Waals surface area contributed by atoms with E-state index in [1.165, 1.54) is 6.26 Å². The summed E-state index contributed by atoms with van der Waals surface area (Å²) < 4.78 is 10.4. The van der Waals surface area contributed by atoms with Gasteiger partial charge in [0, 0.05) is 6.54 Å². The first-order valence-electron chi connectivity index (χ1n) is 6.65. The first-order valence-corrected chi connectivity index (χ1v) is 6.65. The third-order valence-corrected chi connectivity index (χ3v) is 3.38. The molecular formula is C16H19NO3. The number of rotatable bonds is 5. The molecule has 0 radical (unpaired) electrons. The van der Waals surface area contributed by atoms with Gasteiger partial charge in [0.15, 0.2) is 5.76 Å². The topological polar surface area (TPSA) is 42.7 Å². The third kappa shape index (κ3) is 2.85. The lowest BCUT2D eigenvalue weighted by molar-refractivity contribution is 0.0669. The number of carbonyl (C=O) groups is 1. The van der Waals surface area contributed by atoms with Crippen molar-refractivity contribution in [2.45, 2.75) is 19.9 Å². The van der Waals surface area contributed by atoms with Gasteiger partial charge in [-0.3, -0.25) is 4.79 Å². The number of nitrogens with zero attached hydrogens (tertiary/aromatic N) is 1. The summed E-state index contributed by atoms with van der Waals surface area (Å²) in [5, 5.41) is 0. The maximum Gasteiger partial charge on any atom is 0.290 e. The number of benzene rings is 1. The molecule has 1 heterocycles. The van der Waals surface area contributed by atoms with Gasteiger partial charge in [-0.05, 0) is 43.7 Å². The Morgan fingerprint density at radius 1 is 1.35 bits per heavy atom. The number of ether oxygens (including phenoxy) is 1. The van der Waals surface area contributed by atoms with E-state index in [1.54, 1.807) is 24.1 Å². The summed E-state index contributed by atoms with van der Waals surface area (Å²) >= 11 is 0. The van der Waals surface area contributed by atoms with Gasteiger partial charge in [-0.2, -0.15) is 0 Å². The molecule has 2 aromatic rings. The van der Waals surface area contributed by atoms with Crippen LogP contribution in [0.5, 0.6) is 5.75 Å². The number of carbonyl (C=O) groups excluding carboxylic acids is 1. The number of methoxy groups -OCH3 is 1. The molecule has 1 unspecified atom stereocenters. The molecule has 0 fully saturated rings. The van der Waals surface area contributed by atoms with Gasteiger partial charge < -0.3 is 14.1 Å². The summed E-state index contributed by atoms with van der Waals surface area (Å²) in [6, 6.07) is 11.1. The van der Waals surface area contributed by atoms with Gasteiger partial charge >= 0.3 is 0 Å². The Morgan fingerprint density at radius 2 is 2.15 bits per heavy atom. The van der Waals surface area contributed by atoms with Crippen LogP contribution in [-0.4, -0.2) is 24.5 Å². The number of amides is 1. The van der Waals surface area contributed by atoms with Crippen LogP contribution in [0.3, 0.4) is 0 Å². The van der Waals surface area contributed by atoms with Crippen LogP contribution in [0.15, 0.2) is 47.1 Å². The lowest BCUT2D eigenvalue weighted by Gasteiger charge is -2.27. The van der Waals surface area contributed by atoms with Crippen LogP contribution in [0, 0.1) is 0 Å². The van der Waals surface area contributed by atoms with Crippen molar-refractivity contribution < 1.29 is 13.9 Å². The summed E-state index contributed by atoms with van der Waals surface area (Å²) in [5.74, 6) is 1.05. The van der Waals surface area contributed by atoms with E-state index in [4.69, 9.17) is 9.15 Å². The van der Waals surface area contributed by atoms with Crippen LogP contribution in [-0.2, 0) is 0 Å². The van der Waals surface area contributed by atoms with Crippen molar-refractivity contribution in [3.8, 4) is 5.75 Å². The van der Waals surface area contributed by atoms with E-state index in [-0.39, 0.29) is 11.9 Å². The van der Waals surface area contributed by atoms with Crippen molar-refractivity contribution >= 4 is 5.91 Å². The van der Waals surface area contributed by atoms with Crippen molar-refractivity contribution in [1.29, 1.82) is 0 Å². The Hall–Kier alpha value is -2.23. The molecule has 1 atom stereocenters. The zero-order valence-electron chi connectivity index (χ0n) is 12.0. The van der Waals surface area contributed by atoms with E-state index in [9.17, 15) is 4.79 Å². The highest BCUT2D eigenvalue weighted by molar-refractivity contribution is 5.91. The van der Waals surface area contributed by atoms with E-state index in [2.05, 4.69) is 0 Å². The van der Waals surface area contributed by atoms with Crippen LogP contribution < -0.4 is 4.74 Å². The average Bonchev–Trinajstić information content (AvgIpc) is 3.02. The van der Waals surface area contributed by atoms with Gasteiger partial charge in [-0.25, -0.2) is 0 Å². The highest BCUT2D eigenvalue weighted by Gasteiger charge is 2.23. The maximum atomic E-state index is 12.4. The van der Waals surface area contributed by atoms with Crippen molar-refractivity contribution in [2.75, 3.05) is 13.7 Å². The molecule has 20 heavy (non-hydrogen) atoms. The van der Waals surface area contributed by atoms with Gasteiger partial charge in [0.25, 0.3) is 5.91 Å². The summed E-state index contributed by atoms with van der Waals surface area (Å²) in [6.45, 7) is 4.56. The molecular weight excluding hydrogens is 254 g/mol. The predicted molar refractivity (Wildman–Crippen MR) is 76.8 cm³/mol. The predicted octanol–water partition coefficient (Wildman–Crippen LogP) is 3.51. The Labute approximate surface area is 119 Å². The SMILES string of the molecule is CCN(C(=O)c1ccco1)C(C)c1cccc(OC)c1. The number of hydrogen-bond acceptors (Lipinski definition) is 3.